The molecule has 1 aliphatic heterocycles. The molecule has 1 unspecified atom stereocenters. The molecule has 0 aromatic heterocycles. The predicted octanol–water partition coefficient (Wildman–Crippen LogP) is 4.18. The second-order valence-corrected chi connectivity index (χ2v) is 11.0. The second kappa shape index (κ2) is 7.70. The van der Waals surface area contributed by atoms with E-state index >= 15 is 0 Å². The van der Waals surface area contributed by atoms with E-state index in [1.165, 1.54) is 4.31 Å². The van der Waals surface area contributed by atoms with Crippen LogP contribution in [0.2, 0.25) is 0 Å². The fraction of sp³-hybridized carbons (Fsp3) is 0.647. The summed E-state index contributed by atoms with van der Waals surface area (Å²) in [6.07, 6.45) is 2.67. The average Bonchev–Trinajstić information content (AvgIpc) is 2.43. The number of sulfonamides is 1. The monoisotopic (exact) mass is 377 g/mol. The summed E-state index contributed by atoms with van der Waals surface area (Å²) in [5.74, 6) is -1.13. The van der Waals surface area contributed by atoms with Gasteiger partial charge >= 0.3 is 0 Å². The van der Waals surface area contributed by atoms with Crippen molar-refractivity contribution in [3.8, 4) is 0 Å². The topological polar surface area (TPSA) is 37.4 Å². The van der Waals surface area contributed by atoms with E-state index in [-0.39, 0.29) is 22.1 Å². The molecule has 2 rings (SSSR count). The van der Waals surface area contributed by atoms with Gasteiger partial charge in [-0.1, -0.05) is 27.2 Å². The van der Waals surface area contributed by atoms with Crippen LogP contribution in [0, 0.1) is 11.6 Å². The van der Waals surface area contributed by atoms with Crippen LogP contribution in [0.15, 0.2) is 18.2 Å². The smallest absolute Gasteiger partial charge is 0.212 e. The second-order valence-electron chi connectivity index (χ2n) is 7.22. The Labute approximate surface area is 147 Å². The van der Waals surface area contributed by atoms with Crippen LogP contribution < -0.4 is 0 Å². The number of nitrogens with zero attached hydrogens (tertiary/aromatic N) is 1. The minimum atomic E-state index is -3.60. The molecule has 24 heavy (non-hydrogen) atoms. The van der Waals surface area contributed by atoms with E-state index < -0.39 is 21.7 Å². The zero-order valence-corrected chi connectivity index (χ0v) is 16.0. The molecule has 0 saturated carbocycles. The quantitative estimate of drug-likeness (QED) is 0.772. The van der Waals surface area contributed by atoms with Crippen molar-refractivity contribution in [2.75, 3.05) is 12.3 Å². The van der Waals surface area contributed by atoms with Crippen molar-refractivity contribution in [1.29, 1.82) is 0 Å². The molecule has 0 radical (unpaired) electrons. The van der Waals surface area contributed by atoms with Crippen molar-refractivity contribution in [2.45, 2.75) is 56.6 Å². The van der Waals surface area contributed by atoms with Crippen LogP contribution >= 0.6 is 11.8 Å². The average molecular weight is 378 g/mol. The van der Waals surface area contributed by atoms with E-state index in [1.807, 2.05) is 0 Å². The number of hydrogen-bond acceptors (Lipinski definition) is 3. The van der Waals surface area contributed by atoms with Gasteiger partial charge in [0.25, 0.3) is 0 Å². The zero-order valence-electron chi connectivity index (χ0n) is 14.4. The zero-order chi connectivity index (χ0) is 18.0. The van der Waals surface area contributed by atoms with Gasteiger partial charge in [0, 0.05) is 29.2 Å². The molecule has 1 aromatic carbocycles. The molecule has 0 amide bonds. The van der Waals surface area contributed by atoms with Gasteiger partial charge in [0.2, 0.25) is 10.0 Å². The normalized spacial score (nSPS) is 20.3. The van der Waals surface area contributed by atoms with Gasteiger partial charge in [0.05, 0.1) is 5.75 Å². The van der Waals surface area contributed by atoms with Crippen molar-refractivity contribution in [3.05, 3.63) is 35.4 Å². The summed E-state index contributed by atoms with van der Waals surface area (Å²) in [6.45, 7) is 6.80. The van der Waals surface area contributed by atoms with Crippen LogP contribution in [0.5, 0.6) is 0 Å². The highest BCUT2D eigenvalue weighted by Gasteiger charge is 2.33. The van der Waals surface area contributed by atoms with Crippen molar-refractivity contribution < 1.29 is 17.2 Å². The van der Waals surface area contributed by atoms with Crippen molar-refractivity contribution in [1.82, 2.24) is 4.31 Å². The molecule has 1 fully saturated rings. The lowest BCUT2D eigenvalue weighted by Gasteiger charge is -2.36. The van der Waals surface area contributed by atoms with Crippen LogP contribution in [-0.4, -0.2) is 35.8 Å². The molecule has 1 heterocycles. The molecule has 3 nitrogen and oxygen atoms in total. The lowest BCUT2D eigenvalue weighted by atomic mass is 10.1. The molecule has 1 saturated heterocycles. The Hall–Kier alpha value is -0.660. The molecule has 0 spiro atoms. The van der Waals surface area contributed by atoms with Gasteiger partial charge in [-0.25, -0.2) is 17.2 Å². The summed E-state index contributed by atoms with van der Waals surface area (Å²) in [5.41, 5.74) is 0.153. The van der Waals surface area contributed by atoms with E-state index in [0.29, 0.717) is 6.54 Å². The maximum Gasteiger partial charge on any atom is 0.218 e. The molecule has 1 atom stereocenters. The van der Waals surface area contributed by atoms with E-state index in [9.17, 15) is 17.2 Å². The Balaban J connectivity index is 2.15. The fourth-order valence-electron chi connectivity index (χ4n) is 2.84. The minimum absolute atomic E-state index is 0.0496. The lowest BCUT2D eigenvalue weighted by molar-refractivity contribution is 0.272. The van der Waals surface area contributed by atoms with Gasteiger partial charge in [-0.05, 0) is 30.5 Å². The highest BCUT2D eigenvalue weighted by molar-refractivity contribution is 8.00. The number of rotatable bonds is 5. The van der Waals surface area contributed by atoms with Crippen molar-refractivity contribution in [3.63, 3.8) is 0 Å². The third-order valence-electron chi connectivity index (χ3n) is 3.91. The van der Waals surface area contributed by atoms with Gasteiger partial charge in [-0.2, -0.15) is 16.1 Å². The van der Waals surface area contributed by atoms with Crippen LogP contribution in [0.3, 0.4) is 0 Å². The molecule has 0 N–H and O–H groups in total. The molecule has 0 aliphatic carbocycles. The standard InChI is InChI=1S/C17H25F2NO2S2/c1-17(2,3)23-11-16-6-4-5-7-20(16)24(21,22)12-13-8-14(18)10-15(19)9-13/h8-10,16H,4-7,11-12H2,1-3H3. The number of benzene rings is 1. The van der Waals surface area contributed by atoms with Crippen LogP contribution in [0.1, 0.15) is 45.6 Å². The van der Waals surface area contributed by atoms with E-state index in [2.05, 4.69) is 20.8 Å². The molecule has 1 aromatic rings. The Kier molecular flexibility index (Phi) is 6.31. The van der Waals surface area contributed by atoms with E-state index in [1.54, 1.807) is 11.8 Å². The lowest BCUT2D eigenvalue weighted by Crippen LogP contribution is -2.45. The van der Waals surface area contributed by atoms with Gasteiger partial charge < -0.3 is 0 Å². The first-order valence-electron chi connectivity index (χ1n) is 8.15. The molecular formula is C17H25F2NO2S2. The minimum Gasteiger partial charge on any atom is -0.212 e. The fourth-order valence-corrected chi connectivity index (χ4v) is 5.77. The van der Waals surface area contributed by atoms with Crippen LogP contribution in [-0.2, 0) is 15.8 Å². The highest BCUT2D eigenvalue weighted by Crippen LogP contribution is 2.30. The SMILES string of the molecule is CC(C)(C)SCC1CCCCN1S(=O)(=O)Cc1cc(F)cc(F)c1. The summed E-state index contributed by atoms with van der Waals surface area (Å²) in [7, 11) is -3.60. The molecular weight excluding hydrogens is 352 g/mol. The molecule has 7 heteroatoms. The summed E-state index contributed by atoms with van der Waals surface area (Å²) >= 11 is 1.75. The summed E-state index contributed by atoms with van der Waals surface area (Å²) in [6, 6.07) is 2.87. The van der Waals surface area contributed by atoms with Crippen molar-refractivity contribution >= 4 is 21.8 Å². The Bertz CT molecular complexity index is 651. The third-order valence-corrected chi connectivity index (χ3v) is 7.22. The summed E-state index contributed by atoms with van der Waals surface area (Å²) < 4.78 is 53.8. The third kappa shape index (κ3) is 5.70. The Morgan fingerprint density at radius 1 is 1.17 bits per heavy atom. The maximum atomic E-state index is 13.3. The van der Waals surface area contributed by atoms with Gasteiger partial charge in [0.15, 0.2) is 0 Å². The van der Waals surface area contributed by atoms with E-state index in [4.69, 9.17) is 0 Å². The van der Waals surface area contributed by atoms with Gasteiger partial charge in [-0.15, -0.1) is 0 Å². The molecule has 1 aliphatic rings. The number of halogens is 2. The van der Waals surface area contributed by atoms with Gasteiger partial charge in [-0.3, -0.25) is 0 Å². The summed E-state index contributed by atoms with van der Waals surface area (Å²) in [4.78, 5) is 0. The largest absolute Gasteiger partial charge is 0.218 e. The Morgan fingerprint density at radius 2 is 1.79 bits per heavy atom. The van der Waals surface area contributed by atoms with E-state index in [0.717, 1.165) is 43.2 Å². The van der Waals surface area contributed by atoms with Crippen molar-refractivity contribution in [2.24, 2.45) is 0 Å². The molecule has 136 valence electrons. The number of hydrogen-bond donors (Lipinski definition) is 0. The predicted molar refractivity (Wildman–Crippen MR) is 95.5 cm³/mol. The Morgan fingerprint density at radius 3 is 2.38 bits per heavy atom. The van der Waals surface area contributed by atoms with Crippen LogP contribution in [0.25, 0.3) is 0 Å². The first-order chi connectivity index (χ1) is 11.1. The molecule has 0 bridgehead atoms. The number of piperidine rings is 1. The number of thioether (sulfide) groups is 1. The van der Waals surface area contributed by atoms with Gasteiger partial charge in [0.1, 0.15) is 11.6 Å². The maximum absolute atomic E-state index is 13.3. The summed E-state index contributed by atoms with van der Waals surface area (Å²) in [5, 5.41) is 0. The first-order valence-corrected chi connectivity index (χ1v) is 10.7. The first kappa shape index (κ1) is 19.7. The van der Waals surface area contributed by atoms with Crippen LogP contribution in [0.4, 0.5) is 8.78 Å². The highest BCUT2D eigenvalue weighted by atomic mass is 32.2.